The summed E-state index contributed by atoms with van der Waals surface area (Å²) in [5.74, 6) is 1.86. The summed E-state index contributed by atoms with van der Waals surface area (Å²) in [4.78, 5) is 4.62. The first-order valence-electron chi connectivity index (χ1n) is 5.95. The van der Waals surface area contributed by atoms with Crippen LogP contribution >= 0.6 is 0 Å². The van der Waals surface area contributed by atoms with Crippen molar-refractivity contribution in [3.05, 3.63) is 29.6 Å². The summed E-state index contributed by atoms with van der Waals surface area (Å²) in [5.41, 5.74) is 3.83. The van der Waals surface area contributed by atoms with Crippen molar-refractivity contribution in [3.63, 3.8) is 0 Å². The molecule has 16 heavy (non-hydrogen) atoms. The van der Waals surface area contributed by atoms with Gasteiger partial charge in [-0.2, -0.15) is 0 Å². The zero-order valence-electron chi connectivity index (χ0n) is 9.83. The highest BCUT2D eigenvalue weighted by Crippen LogP contribution is 2.24. The molecule has 3 heteroatoms. The lowest BCUT2D eigenvalue weighted by atomic mass is 9.93. The van der Waals surface area contributed by atoms with Crippen LogP contribution in [0.5, 0.6) is 0 Å². The number of hydrogen-bond acceptors (Lipinski definition) is 2. The quantitative estimate of drug-likeness (QED) is 0.828. The highest BCUT2D eigenvalue weighted by molar-refractivity contribution is 5.77. The van der Waals surface area contributed by atoms with Gasteiger partial charge in [0.1, 0.15) is 5.82 Å². The van der Waals surface area contributed by atoms with Crippen LogP contribution in [0.15, 0.2) is 18.2 Å². The molecule has 0 radical (unpaired) electrons. The Kier molecular flexibility index (Phi) is 2.21. The molecule has 0 saturated carbocycles. The summed E-state index contributed by atoms with van der Waals surface area (Å²) in [6.07, 6.45) is 0.992. The molecule has 0 aliphatic carbocycles. The molecular formula is C13H17N3. The van der Waals surface area contributed by atoms with Crippen LogP contribution in [0.1, 0.15) is 24.2 Å². The minimum atomic E-state index is 0.698. The Hall–Kier alpha value is -1.35. The Labute approximate surface area is 95.5 Å². The van der Waals surface area contributed by atoms with Crippen LogP contribution in [0.25, 0.3) is 11.0 Å². The SMILES string of the molecule is CCc1nc2ccc(C3CNC3)cc2n1C. The van der Waals surface area contributed by atoms with E-state index in [0.717, 1.165) is 25.0 Å². The molecule has 0 unspecified atom stereocenters. The van der Waals surface area contributed by atoms with Gasteiger partial charge >= 0.3 is 0 Å². The Morgan fingerprint density at radius 3 is 2.88 bits per heavy atom. The molecule has 1 aromatic carbocycles. The number of nitrogens with one attached hydrogen (secondary N) is 1. The Balaban J connectivity index is 2.11. The van der Waals surface area contributed by atoms with Gasteiger partial charge in [-0.15, -0.1) is 0 Å². The third kappa shape index (κ3) is 1.35. The van der Waals surface area contributed by atoms with Gasteiger partial charge in [-0.1, -0.05) is 13.0 Å². The van der Waals surface area contributed by atoms with Crippen LogP contribution in [-0.4, -0.2) is 22.6 Å². The van der Waals surface area contributed by atoms with Crippen LogP contribution in [0.4, 0.5) is 0 Å². The number of nitrogens with zero attached hydrogens (tertiary/aromatic N) is 2. The predicted molar refractivity (Wildman–Crippen MR) is 65.7 cm³/mol. The van der Waals surface area contributed by atoms with Crippen molar-refractivity contribution in [2.24, 2.45) is 7.05 Å². The van der Waals surface area contributed by atoms with Crippen molar-refractivity contribution in [1.82, 2.24) is 14.9 Å². The first kappa shape index (κ1) is 9.85. The van der Waals surface area contributed by atoms with Crippen LogP contribution in [0.3, 0.4) is 0 Å². The second kappa shape index (κ2) is 3.59. The monoisotopic (exact) mass is 215 g/mol. The second-order valence-corrected chi connectivity index (χ2v) is 4.54. The second-order valence-electron chi connectivity index (χ2n) is 4.54. The maximum atomic E-state index is 4.62. The third-order valence-corrected chi connectivity index (χ3v) is 3.57. The molecule has 0 bridgehead atoms. The molecule has 1 N–H and O–H groups in total. The highest BCUT2D eigenvalue weighted by atomic mass is 15.1. The molecule has 0 spiro atoms. The topological polar surface area (TPSA) is 29.9 Å². The summed E-state index contributed by atoms with van der Waals surface area (Å²) in [7, 11) is 2.11. The van der Waals surface area contributed by atoms with E-state index in [1.807, 2.05) is 0 Å². The standard InChI is InChI=1S/C13H17N3/c1-3-13-15-11-5-4-9(10-7-14-8-10)6-12(11)16(13)2/h4-6,10,14H,3,7-8H2,1-2H3. The van der Waals surface area contributed by atoms with Gasteiger partial charge in [0.15, 0.2) is 0 Å². The fourth-order valence-electron chi connectivity index (χ4n) is 2.35. The van der Waals surface area contributed by atoms with Crippen LogP contribution in [-0.2, 0) is 13.5 Å². The van der Waals surface area contributed by atoms with Crippen LogP contribution in [0.2, 0.25) is 0 Å². The van der Waals surface area contributed by atoms with E-state index in [9.17, 15) is 0 Å². The minimum absolute atomic E-state index is 0.698. The van der Waals surface area contributed by atoms with Gasteiger partial charge in [-0.25, -0.2) is 4.98 Å². The van der Waals surface area contributed by atoms with E-state index in [1.54, 1.807) is 0 Å². The van der Waals surface area contributed by atoms with E-state index in [2.05, 4.69) is 47.0 Å². The van der Waals surface area contributed by atoms with Crippen molar-refractivity contribution in [2.75, 3.05) is 13.1 Å². The van der Waals surface area contributed by atoms with Gasteiger partial charge < -0.3 is 9.88 Å². The van der Waals surface area contributed by atoms with E-state index in [1.165, 1.54) is 16.9 Å². The number of fused-ring (bicyclic) bond motifs is 1. The Bertz CT molecular complexity index is 523. The molecule has 3 nitrogen and oxygen atoms in total. The van der Waals surface area contributed by atoms with Crippen LogP contribution < -0.4 is 5.32 Å². The average molecular weight is 215 g/mol. The predicted octanol–water partition coefficient (Wildman–Crippen LogP) is 1.82. The molecule has 2 aromatic rings. The molecular weight excluding hydrogens is 198 g/mol. The molecule has 1 fully saturated rings. The van der Waals surface area contributed by atoms with Gasteiger partial charge in [0.2, 0.25) is 0 Å². The first-order chi connectivity index (χ1) is 7.79. The number of rotatable bonds is 2. The Morgan fingerprint density at radius 2 is 2.25 bits per heavy atom. The molecule has 0 amide bonds. The third-order valence-electron chi connectivity index (χ3n) is 3.57. The molecule has 2 heterocycles. The van der Waals surface area contributed by atoms with Crippen LogP contribution in [0, 0.1) is 0 Å². The number of aryl methyl sites for hydroxylation is 2. The number of hydrogen-bond donors (Lipinski definition) is 1. The van der Waals surface area contributed by atoms with Crippen molar-refractivity contribution >= 4 is 11.0 Å². The summed E-state index contributed by atoms with van der Waals surface area (Å²) >= 11 is 0. The number of aromatic nitrogens is 2. The molecule has 3 rings (SSSR count). The largest absolute Gasteiger partial charge is 0.331 e. The van der Waals surface area contributed by atoms with Crippen molar-refractivity contribution in [1.29, 1.82) is 0 Å². The van der Waals surface area contributed by atoms with E-state index in [4.69, 9.17) is 0 Å². The van der Waals surface area contributed by atoms with Gasteiger partial charge in [0, 0.05) is 32.5 Å². The Morgan fingerprint density at radius 1 is 1.44 bits per heavy atom. The molecule has 0 atom stereocenters. The summed E-state index contributed by atoms with van der Waals surface area (Å²) in [6, 6.07) is 6.68. The summed E-state index contributed by atoms with van der Waals surface area (Å²) in [6.45, 7) is 4.38. The van der Waals surface area contributed by atoms with Crippen molar-refractivity contribution < 1.29 is 0 Å². The van der Waals surface area contributed by atoms with Gasteiger partial charge in [-0.3, -0.25) is 0 Å². The van der Waals surface area contributed by atoms with Gasteiger partial charge in [-0.05, 0) is 17.7 Å². The highest BCUT2D eigenvalue weighted by Gasteiger charge is 2.19. The lowest BCUT2D eigenvalue weighted by molar-refractivity contribution is 0.448. The first-order valence-corrected chi connectivity index (χ1v) is 5.95. The number of imidazole rings is 1. The van der Waals surface area contributed by atoms with Crippen molar-refractivity contribution in [3.8, 4) is 0 Å². The lowest BCUT2D eigenvalue weighted by Gasteiger charge is -2.27. The summed E-state index contributed by atoms with van der Waals surface area (Å²) in [5, 5.41) is 3.32. The normalized spacial score (nSPS) is 16.6. The van der Waals surface area contributed by atoms with E-state index < -0.39 is 0 Å². The smallest absolute Gasteiger partial charge is 0.109 e. The van der Waals surface area contributed by atoms with E-state index in [0.29, 0.717) is 5.92 Å². The molecule has 1 aliphatic heterocycles. The fourth-order valence-corrected chi connectivity index (χ4v) is 2.35. The minimum Gasteiger partial charge on any atom is -0.331 e. The zero-order valence-corrected chi connectivity index (χ0v) is 9.83. The molecule has 84 valence electrons. The van der Waals surface area contributed by atoms with E-state index in [-0.39, 0.29) is 0 Å². The van der Waals surface area contributed by atoms with E-state index >= 15 is 0 Å². The maximum absolute atomic E-state index is 4.62. The van der Waals surface area contributed by atoms with Crippen molar-refractivity contribution in [2.45, 2.75) is 19.3 Å². The summed E-state index contributed by atoms with van der Waals surface area (Å²) < 4.78 is 2.21. The molecule has 1 saturated heterocycles. The zero-order chi connectivity index (χ0) is 11.1. The lowest BCUT2D eigenvalue weighted by Crippen LogP contribution is -2.39. The van der Waals surface area contributed by atoms with Gasteiger partial charge in [0.25, 0.3) is 0 Å². The molecule has 1 aromatic heterocycles. The fraction of sp³-hybridized carbons (Fsp3) is 0.462. The maximum Gasteiger partial charge on any atom is 0.109 e. The number of benzene rings is 1. The average Bonchev–Trinajstić information content (AvgIpc) is 2.53. The van der Waals surface area contributed by atoms with Gasteiger partial charge in [0.05, 0.1) is 11.0 Å². The molecule has 1 aliphatic rings.